The van der Waals surface area contributed by atoms with E-state index in [-0.39, 0.29) is 16.9 Å². The molecule has 1 saturated carbocycles. The highest BCUT2D eigenvalue weighted by Crippen LogP contribution is 2.40. The maximum atomic E-state index is 12.5. The van der Waals surface area contributed by atoms with E-state index in [1.165, 1.54) is 12.8 Å². The minimum absolute atomic E-state index is 0.111. The van der Waals surface area contributed by atoms with Gasteiger partial charge in [0.2, 0.25) is 10.0 Å². The maximum Gasteiger partial charge on any atom is 0.244 e. The second-order valence-electron chi connectivity index (χ2n) is 5.71. The van der Waals surface area contributed by atoms with E-state index in [0.29, 0.717) is 17.9 Å². The van der Waals surface area contributed by atoms with Crippen LogP contribution in [-0.4, -0.2) is 25.2 Å². The number of H-pyrrole nitrogens is 1. The molecule has 20 heavy (non-hydrogen) atoms. The summed E-state index contributed by atoms with van der Waals surface area (Å²) in [6.07, 6.45) is 5.58. The van der Waals surface area contributed by atoms with Gasteiger partial charge in [0.05, 0.1) is 11.4 Å². The first-order valence-electron chi connectivity index (χ1n) is 7.18. The number of aromatic nitrogens is 2. The van der Waals surface area contributed by atoms with Gasteiger partial charge < -0.3 is 5.73 Å². The molecule has 0 spiro atoms. The van der Waals surface area contributed by atoms with E-state index in [1.54, 1.807) is 6.92 Å². The van der Waals surface area contributed by atoms with Crippen molar-refractivity contribution in [3.8, 4) is 0 Å². The molecule has 2 rings (SSSR count). The quantitative estimate of drug-likeness (QED) is 0.739. The Labute approximate surface area is 120 Å². The second kappa shape index (κ2) is 5.83. The lowest BCUT2D eigenvalue weighted by Gasteiger charge is -2.27. The molecule has 4 N–H and O–H groups in total. The molecule has 1 aliphatic carbocycles. The molecule has 0 aliphatic heterocycles. The van der Waals surface area contributed by atoms with Crippen molar-refractivity contribution in [3.63, 3.8) is 0 Å². The van der Waals surface area contributed by atoms with E-state index < -0.39 is 10.0 Å². The van der Waals surface area contributed by atoms with Crippen LogP contribution in [0.3, 0.4) is 0 Å². The fourth-order valence-electron chi connectivity index (χ4n) is 3.06. The van der Waals surface area contributed by atoms with Crippen LogP contribution in [0.4, 0.5) is 0 Å². The van der Waals surface area contributed by atoms with E-state index in [9.17, 15) is 8.42 Å². The normalized spacial score (nSPS) is 18.6. The summed E-state index contributed by atoms with van der Waals surface area (Å²) in [5, 5.41) is 6.65. The van der Waals surface area contributed by atoms with Gasteiger partial charge in [-0.2, -0.15) is 5.10 Å². The number of rotatable bonds is 6. The van der Waals surface area contributed by atoms with Crippen LogP contribution in [-0.2, 0) is 16.6 Å². The lowest BCUT2D eigenvalue weighted by molar-refractivity contribution is 0.285. The summed E-state index contributed by atoms with van der Waals surface area (Å²) >= 11 is 0. The zero-order chi connectivity index (χ0) is 14.8. The summed E-state index contributed by atoms with van der Waals surface area (Å²) in [4.78, 5) is 0.212. The van der Waals surface area contributed by atoms with E-state index >= 15 is 0 Å². The third kappa shape index (κ3) is 2.89. The van der Waals surface area contributed by atoms with Gasteiger partial charge in [0, 0.05) is 13.1 Å². The standard InChI is InChI=1S/C13H24N4O2S/c1-3-13(6-4-5-7-13)9-15-20(18,19)12-10(2)16-17-11(12)8-14/h15H,3-9,14H2,1-2H3,(H,16,17). The molecule has 1 aromatic heterocycles. The predicted octanol–water partition coefficient (Wildman–Crippen LogP) is 1.43. The lowest BCUT2D eigenvalue weighted by Crippen LogP contribution is -2.36. The number of aryl methyl sites for hydroxylation is 1. The number of aromatic amines is 1. The Bertz CT molecular complexity index is 559. The van der Waals surface area contributed by atoms with Crippen molar-refractivity contribution in [1.29, 1.82) is 0 Å². The molecule has 1 fully saturated rings. The predicted molar refractivity (Wildman–Crippen MR) is 77.6 cm³/mol. The molecule has 0 atom stereocenters. The van der Waals surface area contributed by atoms with Gasteiger partial charge in [0.1, 0.15) is 4.90 Å². The molecule has 1 aliphatic rings. The lowest BCUT2D eigenvalue weighted by atomic mass is 9.84. The second-order valence-corrected chi connectivity index (χ2v) is 7.42. The number of hydrogen-bond acceptors (Lipinski definition) is 4. The molecule has 0 amide bonds. The Morgan fingerprint density at radius 1 is 1.40 bits per heavy atom. The summed E-state index contributed by atoms with van der Waals surface area (Å²) in [6.45, 7) is 4.44. The Balaban J connectivity index is 2.17. The molecular weight excluding hydrogens is 276 g/mol. The zero-order valence-electron chi connectivity index (χ0n) is 12.2. The van der Waals surface area contributed by atoms with Gasteiger partial charge in [-0.05, 0) is 31.6 Å². The van der Waals surface area contributed by atoms with Crippen LogP contribution in [0, 0.1) is 12.3 Å². The Morgan fingerprint density at radius 3 is 2.60 bits per heavy atom. The molecule has 0 bridgehead atoms. The molecule has 114 valence electrons. The van der Waals surface area contributed by atoms with Crippen molar-refractivity contribution in [1.82, 2.24) is 14.9 Å². The van der Waals surface area contributed by atoms with Gasteiger partial charge in [0.15, 0.2) is 0 Å². The Morgan fingerprint density at radius 2 is 2.05 bits per heavy atom. The third-order valence-corrected chi connectivity index (χ3v) is 6.08. The van der Waals surface area contributed by atoms with Crippen LogP contribution in [0.1, 0.15) is 50.4 Å². The largest absolute Gasteiger partial charge is 0.325 e. The number of hydrogen-bond donors (Lipinski definition) is 3. The van der Waals surface area contributed by atoms with E-state index in [0.717, 1.165) is 19.3 Å². The van der Waals surface area contributed by atoms with Crippen LogP contribution >= 0.6 is 0 Å². The first-order valence-corrected chi connectivity index (χ1v) is 8.66. The average molecular weight is 300 g/mol. The fourth-order valence-corrected chi connectivity index (χ4v) is 4.59. The van der Waals surface area contributed by atoms with Gasteiger partial charge in [-0.1, -0.05) is 19.8 Å². The molecule has 1 heterocycles. The van der Waals surface area contributed by atoms with Crippen molar-refractivity contribution in [2.45, 2.75) is 57.4 Å². The highest BCUT2D eigenvalue weighted by Gasteiger charge is 2.34. The molecule has 6 nitrogen and oxygen atoms in total. The summed E-state index contributed by atoms with van der Waals surface area (Å²) in [5.74, 6) is 0. The average Bonchev–Trinajstić information content (AvgIpc) is 3.04. The highest BCUT2D eigenvalue weighted by atomic mass is 32.2. The van der Waals surface area contributed by atoms with Crippen molar-refractivity contribution in [2.24, 2.45) is 11.1 Å². The van der Waals surface area contributed by atoms with Crippen LogP contribution in [0.2, 0.25) is 0 Å². The van der Waals surface area contributed by atoms with Crippen molar-refractivity contribution >= 4 is 10.0 Å². The Hall–Kier alpha value is -0.920. The van der Waals surface area contributed by atoms with Gasteiger partial charge in [0.25, 0.3) is 0 Å². The van der Waals surface area contributed by atoms with Gasteiger partial charge in [-0.15, -0.1) is 0 Å². The van der Waals surface area contributed by atoms with Gasteiger partial charge in [-0.3, -0.25) is 5.10 Å². The maximum absolute atomic E-state index is 12.5. The molecule has 0 aromatic carbocycles. The van der Waals surface area contributed by atoms with Crippen LogP contribution in [0.25, 0.3) is 0 Å². The minimum atomic E-state index is -3.55. The highest BCUT2D eigenvalue weighted by molar-refractivity contribution is 7.89. The molecule has 0 unspecified atom stereocenters. The van der Waals surface area contributed by atoms with E-state index in [4.69, 9.17) is 5.73 Å². The molecule has 7 heteroatoms. The summed E-state index contributed by atoms with van der Waals surface area (Å²) < 4.78 is 27.7. The van der Waals surface area contributed by atoms with Gasteiger partial charge in [-0.25, -0.2) is 13.1 Å². The van der Waals surface area contributed by atoms with Crippen LogP contribution < -0.4 is 10.5 Å². The number of nitrogens with one attached hydrogen (secondary N) is 2. The van der Waals surface area contributed by atoms with E-state index in [2.05, 4.69) is 21.8 Å². The molecule has 1 aromatic rings. The van der Waals surface area contributed by atoms with Crippen molar-refractivity contribution < 1.29 is 8.42 Å². The third-order valence-electron chi connectivity index (χ3n) is 4.47. The number of sulfonamides is 1. The summed E-state index contributed by atoms with van der Waals surface area (Å²) in [7, 11) is -3.55. The first-order chi connectivity index (χ1) is 9.44. The summed E-state index contributed by atoms with van der Waals surface area (Å²) in [6, 6.07) is 0. The summed E-state index contributed by atoms with van der Waals surface area (Å²) in [5.41, 5.74) is 6.61. The van der Waals surface area contributed by atoms with E-state index in [1.807, 2.05) is 0 Å². The monoisotopic (exact) mass is 300 g/mol. The zero-order valence-corrected chi connectivity index (χ0v) is 13.0. The number of nitrogens with two attached hydrogens (primary N) is 1. The van der Waals surface area contributed by atoms with Crippen molar-refractivity contribution in [3.05, 3.63) is 11.4 Å². The van der Waals surface area contributed by atoms with Crippen LogP contribution in [0.15, 0.2) is 4.90 Å². The SMILES string of the molecule is CCC1(CNS(=O)(=O)c2c(CN)n[nH]c2C)CCCC1. The fraction of sp³-hybridized carbons (Fsp3) is 0.769. The Kier molecular flexibility index (Phi) is 4.51. The number of nitrogens with zero attached hydrogens (tertiary/aromatic N) is 1. The van der Waals surface area contributed by atoms with Gasteiger partial charge >= 0.3 is 0 Å². The minimum Gasteiger partial charge on any atom is -0.325 e. The molecule has 0 saturated heterocycles. The first kappa shape index (κ1) is 15.5. The topological polar surface area (TPSA) is 101 Å². The smallest absolute Gasteiger partial charge is 0.244 e. The molecule has 0 radical (unpaired) electrons. The van der Waals surface area contributed by atoms with Crippen molar-refractivity contribution in [2.75, 3.05) is 6.54 Å². The van der Waals surface area contributed by atoms with Crippen LogP contribution in [0.5, 0.6) is 0 Å². The molecular formula is C13H24N4O2S.